The van der Waals surface area contributed by atoms with E-state index >= 15 is 0 Å². The van der Waals surface area contributed by atoms with E-state index in [1.54, 1.807) is 16.6 Å². The van der Waals surface area contributed by atoms with E-state index in [0.717, 1.165) is 25.1 Å². The lowest BCUT2D eigenvalue weighted by atomic mass is 10.2. The van der Waals surface area contributed by atoms with Crippen molar-refractivity contribution >= 4 is 11.6 Å². The lowest BCUT2D eigenvalue weighted by molar-refractivity contribution is 0.0761. The molecule has 0 radical (unpaired) electrons. The number of nitrogens with two attached hydrogens (primary N) is 1. The van der Waals surface area contributed by atoms with Gasteiger partial charge in [0, 0.05) is 20.1 Å². The monoisotopic (exact) mass is 234 g/mol. The number of aromatic nitrogens is 2. The average molecular weight is 234 g/mol. The maximum absolute atomic E-state index is 12.3. The molecule has 92 valence electrons. The second-order valence-electron chi connectivity index (χ2n) is 4.20. The summed E-state index contributed by atoms with van der Waals surface area (Å²) in [5, 5.41) is 4.27. The van der Waals surface area contributed by atoms with Crippen molar-refractivity contribution in [2.75, 3.05) is 18.8 Å². The predicted octanol–water partition coefficient (Wildman–Crippen LogP) is 0.967. The maximum atomic E-state index is 12.3. The van der Waals surface area contributed by atoms with Crippen molar-refractivity contribution in [3.8, 4) is 0 Å². The zero-order valence-electron chi connectivity index (χ0n) is 10.3. The van der Waals surface area contributed by atoms with Crippen LogP contribution in [0.25, 0.3) is 0 Å². The first-order valence-corrected chi connectivity index (χ1v) is 5.90. The van der Waals surface area contributed by atoms with Crippen molar-refractivity contribution < 1.29 is 4.79 Å². The van der Waals surface area contributed by atoms with E-state index in [9.17, 15) is 4.79 Å². The largest absolute Gasteiger partial charge is 0.395 e. The van der Waals surface area contributed by atoms with Crippen molar-refractivity contribution in [3.63, 3.8) is 0 Å². The minimum atomic E-state index is -0.0263. The Morgan fingerprint density at radius 1 is 1.53 bits per heavy atom. The highest BCUT2D eigenvalue weighted by Crippen LogP contribution is 2.19. The first-order valence-electron chi connectivity index (χ1n) is 5.90. The van der Waals surface area contributed by atoms with Crippen molar-refractivity contribution in [3.05, 3.63) is 23.5 Å². The number of carbonyl (C=O) groups is 1. The minimum Gasteiger partial charge on any atom is -0.395 e. The van der Waals surface area contributed by atoms with Crippen molar-refractivity contribution in [2.45, 2.75) is 19.8 Å². The molecule has 2 rings (SSSR count). The molecule has 0 spiro atoms. The van der Waals surface area contributed by atoms with E-state index < -0.39 is 0 Å². The quantitative estimate of drug-likeness (QED) is 0.775. The lowest BCUT2D eigenvalue weighted by Gasteiger charge is -2.23. The number of anilines is 1. The molecule has 1 aliphatic rings. The van der Waals surface area contributed by atoms with E-state index in [2.05, 4.69) is 11.2 Å². The number of carbonyl (C=O) groups excluding carboxylic acids is 1. The van der Waals surface area contributed by atoms with Crippen molar-refractivity contribution in [1.82, 2.24) is 14.7 Å². The van der Waals surface area contributed by atoms with Gasteiger partial charge in [-0.05, 0) is 12.8 Å². The molecule has 0 unspecified atom stereocenters. The zero-order chi connectivity index (χ0) is 12.4. The first-order chi connectivity index (χ1) is 8.15. The fourth-order valence-corrected chi connectivity index (χ4v) is 2.09. The van der Waals surface area contributed by atoms with Crippen LogP contribution in [0.15, 0.2) is 12.2 Å². The summed E-state index contributed by atoms with van der Waals surface area (Å²) in [5.41, 5.74) is 7.80. The standard InChI is InChI=1S/C12H18N4O/c1-3-9-10(13)11(15(2)14-9)12(17)16-7-5-4-6-8-16/h4-5H,3,6-8,13H2,1-2H3. The van der Waals surface area contributed by atoms with Crippen LogP contribution in [0.2, 0.25) is 0 Å². The normalized spacial score (nSPS) is 15.3. The molecule has 0 saturated heterocycles. The Hall–Kier alpha value is -1.78. The third-order valence-electron chi connectivity index (χ3n) is 3.04. The summed E-state index contributed by atoms with van der Waals surface area (Å²) < 4.78 is 1.59. The molecule has 2 heterocycles. The first kappa shape index (κ1) is 11.7. The Bertz CT molecular complexity index is 461. The maximum Gasteiger partial charge on any atom is 0.274 e. The Kier molecular flexibility index (Phi) is 3.17. The van der Waals surface area contributed by atoms with Gasteiger partial charge in [-0.3, -0.25) is 9.48 Å². The smallest absolute Gasteiger partial charge is 0.274 e. The number of hydrogen-bond donors (Lipinski definition) is 1. The molecule has 0 aromatic carbocycles. The van der Waals surface area contributed by atoms with Gasteiger partial charge in [0.1, 0.15) is 5.69 Å². The van der Waals surface area contributed by atoms with Crippen molar-refractivity contribution in [2.24, 2.45) is 7.05 Å². The van der Waals surface area contributed by atoms with Crippen LogP contribution >= 0.6 is 0 Å². The van der Waals surface area contributed by atoms with Gasteiger partial charge in [-0.15, -0.1) is 0 Å². The van der Waals surface area contributed by atoms with E-state index in [1.807, 2.05) is 13.0 Å². The summed E-state index contributed by atoms with van der Waals surface area (Å²) in [6, 6.07) is 0. The third-order valence-corrected chi connectivity index (χ3v) is 3.04. The summed E-state index contributed by atoms with van der Waals surface area (Å²) in [4.78, 5) is 14.1. The van der Waals surface area contributed by atoms with Gasteiger partial charge in [0.25, 0.3) is 5.91 Å². The van der Waals surface area contributed by atoms with Crippen LogP contribution in [-0.2, 0) is 13.5 Å². The molecule has 2 N–H and O–H groups in total. The van der Waals surface area contributed by atoms with Gasteiger partial charge in [-0.2, -0.15) is 5.10 Å². The van der Waals surface area contributed by atoms with Gasteiger partial charge in [0.05, 0.1) is 11.4 Å². The second-order valence-corrected chi connectivity index (χ2v) is 4.20. The van der Waals surface area contributed by atoms with Gasteiger partial charge in [0.2, 0.25) is 0 Å². The van der Waals surface area contributed by atoms with Crippen LogP contribution in [0, 0.1) is 0 Å². The lowest BCUT2D eigenvalue weighted by Crippen LogP contribution is -2.35. The highest BCUT2D eigenvalue weighted by atomic mass is 16.2. The van der Waals surface area contributed by atoms with Gasteiger partial charge >= 0.3 is 0 Å². The number of hydrogen-bond acceptors (Lipinski definition) is 3. The Morgan fingerprint density at radius 2 is 2.29 bits per heavy atom. The average Bonchev–Trinajstić information content (AvgIpc) is 2.64. The van der Waals surface area contributed by atoms with Crippen LogP contribution in [0.3, 0.4) is 0 Å². The van der Waals surface area contributed by atoms with Crippen LogP contribution in [0.1, 0.15) is 29.5 Å². The topological polar surface area (TPSA) is 64.2 Å². The molecular formula is C12H18N4O. The SMILES string of the molecule is CCc1nn(C)c(C(=O)N2CC=CCC2)c1N. The summed E-state index contributed by atoms with van der Waals surface area (Å²) in [6.45, 7) is 3.39. The van der Waals surface area contributed by atoms with E-state index in [-0.39, 0.29) is 5.91 Å². The zero-order valence-corrected chi connectivity index (χ0v) is 10.3. The summed E-state index contributed by atoms with van der Waals surface area (Å²) in [7, 11) is 1.77. The van der Waals surface area contributed by atoms with Crippen LogP contribution in [0.4, 0.5) is 5.69 Å². The van der Waals surface area contributed by atoms with Crippen LogP contribution in [-0.4, -0.2) is 33.7 Å². The molecule has 0 bridgehead atoms. The fraction of sp³-hybridized carbons (Fsp3) is 0.500. The highest BCUT2D eigenvalue weighted by molar-refractivity contribution is 5.98. The number of aryl methyl sites for hydroxylation is 2. The highest BCUT2D eigenvalue weighted by Gasteiger charge is 2.24. The van der Waals surface area contributed by atoms with Crippen LogP contribution < -0.4 is 5.73 Å². The third kappa shape index (κ3) is 2.05. The molecular weight excluding hydrogens is 216 g/mol. The second kappa shape index (κ2) is 4.61. The molecule has 0 aliphatic carbocycles. The minimum absolute atomic E-state index is 0.0263. The molecule has 1 aliphatic heterocycles. The summed E-state index contributed by atoms with van der Waals surface area (Å²) in [5.74, 6) is -0.0263. The Morgan fingerprint density at radius 3 is 2.82 bits per heavy atom. The molecule has 1 aromatic heterocycles. The molecule has 5 heteroatoms. The molecule has 0 fully saturated rings. The van der Waals surface area contributed by atoms with Gasteiger partial charge in [-0.1, -0.05) is 19.1 Å². The number of amides is 1. The molecule has 0 saturated carbocycles. The molecule has 1 amide bonds. The van der Waals surface area contributed by atoms with Gasteiger partial charge < -0.3 is 10.6 Å². The molecule has 5 nitrogen and oxygen atoms in total. The van der Waals surface area contributed by atoms with E-state index in [1.165, 1.54) is 0 Å². The van der Waals surface area contributed by atoms with Gasteiger partial charge in [0.15, 0.2) is 0 Å². The fourth-order valence-electron chi connectivity index (χ4n) is 2.09. The Labute approximate surface area is 101 Å². The summed E-state index contributed by atoms with van der Waals surface area (Å²) in [6.07, 6.45) is 5.75. The van der Waals surface area contributed by atoms with E-state index in [0.29, 0.717) is 17.9 Å². The van der Waals surface area contributed by atoms with Gasteiger partial charge in [-0.25, -0.2) is 0 Å². The van der Waals surface area contributed by atoms with Crippen LogP contribution in [0.5, 0.6) is 0 Å². The summed E-state index contributed by atoms with van der Waals surface area (Å²) >= 11 is 0. The van der Waals surface area contributed by atoms with Crippen molar-refractivity contribution in [1.29, 1.82) is 0 Å². The number of nitrogen functional groups attached to an aromatic ring is 1. The molecule has 0 atom stereocenters. The molecule has 1 aromatic rings. The Balaban J connectivity index is 2.30. The number of nitrogens with zero attached hydrogens (tertiary/aromatic N) is 3. The van der Waals surface area contributed by atoms with E-state index in [4.69, 9.17) is 5.73 Å². The number of rotatable bonds is 2. The predicted molar refractivity (Wildman–Crippen MR) is 66.7 cm³/mol. The molecule has 17 heavy (non-hydrogen) atoms.